The molecule has 5 aromatic carbocycles. The molecule has 0 fully saturated rings. The minimum Gasteiger partial charge on any atom is -0.308 e. The lowest BCUT2D eigenvalue weighted by molar-refractivity contribution is 0.660. The number of hydrogen-bond donors (Lipinski definition) is 0. The van der Waals surface area contributed by atoms with Gasteiger partial charge in [0.25, 0.3) is 0 Å². The maximum Gasteiger partial charge on any atom is 0.0710 e. The van der Waals surface area contributed by atoms with Crippen molar-refractivity contribution in [3.05, 3.63) is 145 Å². The highest BCUT2D eigenvalue weighted by Crippen LogP contribution is 2.60. The number of pyridine rings is 1. The second-order valence-corrected chi connectivity index (χ2v) is 12.3. The van der Waals surface area contributed by atoms with Crippen molar-refractivity contribution in [3.63, 3.8) is 0 Å². The predicted octanol–water partition coefficient (Wildman–Crippen LogP) is 10.7. The van der Waals surface area contributed by atoms with E-state index in [4.69, 9.17) is 4.98 Å². The normalized spacial score (nSPS) is 14.1. The summed E-state index contributed by atoms with van der Waals surface area (Å²) in [5, 5.41) is 0. The fraction of sp³-hybridized carbons (Fsp3) is 0.0789. The fourth-order valence-electron chi connectivity index (χ4n) is 6.45. The Bertz CT molecular complexity index is 1940. The molecule has 2 nitrogen and oxygen atoms in total. The van der Waals surface area contributed by atoms with E-state index < -0.39 is 0 Å². The van der Waals surface area contributed by atoms with E-state index in [1.54, 1.807) is 0 Å². The van der Waals surface area contributed by atoms with Gasteiger partial charge >= 0.3 is 0 Å². The number of aromatic nitrogens is 1. The van der Waals surface area contributed by atoms with Crippen molar-refractivity contribution >= 4 is 28.8 Å². The highest BCUT2D eigenvalue weighted by Gasteiger charge is 2.40. The van der Waals surface area contributed by atoms with Gasteiger partial charge in [0.2, 0.25) is 0 Å². The van der Waals surface area contributed by atoms with Crippen molar-refractivity contribution in [3.8, 4) is 33.6 Å². The third-order valence-corrected chi connectivity index (χ3v) is 9.57. The molecule has 0 spiro atoms. The molecule has 6 aromatic rings. The van der Waals surface area contributed by atoms with Crippen molar-refractivity contribution < 1.29 is 0 Å². The van der Waals surface area contributed by atoms with Gasteiger partial charge in [0.05, 0.1) is 22.8 Å². The molecule has 0 unspecified atom stereocenters. The summed E-state index contributed by atoms with van der Waals surface area (Å²) in [6.45, 7) is 4.70. The zero-order valence-corrected chi connectivity index (χ0v) is 23.8. The summed E-state index contributed by atoms with van der Waals surface area (Å²) in [5.41, 5.74) is 13.2. The Morgan fingerprint density at radius 1 is 0.585 bits per heavy atom. The second-order valence-electron chi connectivity index (χ2n) is 11.2. The number of hydrogen-bond acceptors (Lipinski definition) is 3. The molecular weight excluding hydrogens is 516 g/mol. The van der Waals surface area contributed by atoms with Gasteiger partial charge < -0.3 is 4.90 Å². The zero-order chi connectivity index (χ0) is 27.6. The van der Waals surface area contributed by atoms with E-state index in [2.05, 4.69) is 146 Å². The summed E-state index contributed by atoms with van der Waals surface area (Å²) < 4.78 is 0. The van der Waals surface area contributed by atoms with Crippen LogP contribution in [-0.2, 0) is 5.41 Å². The lowest BCUT2D eigenvalue weighted by Gasteiger charge is -2.35. The van der Waals surface area contributed by atoms with Crippen LogP contribution >= 0.6 is 11.8 Å². The highest BCUT2D eigenvalue weighted by atomic mass is 32.2. The molecule has 0 saturated carbocycles. The lowest BCUT2D eigenvalue weighted by Crippen LogP contribution is -2.18. The molecule has 3 heteroatoms. The van der Waals surface area contributed by atoms with Gasteiger partial charge in [-0.25, -0.2) is 4.98 Å². The molecular formula is C38H28N2S. The fourth-order valence-corrected chi connectivity index (χ4v) is 7.50. The Morgan fingerprint density at radius 3 is 2.07 bits per heavy atom. The Labute approximate surface area is 245 Å². The molecule has 1 aromatic heterocycles. The first kappa shape index (κ1) is 24.2. The third-order valence-electron chi connectivity index (χ3n) is 8.46. The quantitative estimate of drug-likeness (QED) is 0.220. The number of fused-ring (bicyclic) bond motifs is 6. The summed E-state index contributed by atoms with van der Waals surface area (Å²) in [6, 6.07) is 47.9. The molecule has 0 radical (unpaired) electrons. The molecule has 0 saturated heterocycles. The Kier molecular flexibility index (Phi) is 5.45. The van der Waals surface area contributed by atoms with Gasteiger partial charge in [-0.15, -0.1) is 0 Å². The van der Waals surface area contributed by atoms with E-state index in [1.807, 2.05) is 17.8 Å². The van der Waals surface area contributed by atoms with Gasteiger partial charge in [-0.3, -0.25) is 0 Å². The maximum absolute atomic E-state index is 5.09. The number of nitrogens with zero attached hydrogens (tertiary/aromatic N) is 2. The standard InChI is InChI=1S/C38H28N2S/c1-38(2)29-17-10-9-16-28(29)36-30(38)21-23-35-37(36)40(27-14-7-4-8-15-27)33-24-26(20-22-34(33)41-35)32-19-11-18-31(39-32)25-12-5-3-6-13-25/h3-24H,1-2H3. The smallest absolute Gasteiger partial charge is 0.0710 e. The molecule has 0 bridgehead atoms. The monoisotopic (exact) mass is 544 g/mol. The summed E-state index contributed by atoms with van der Waals surface area (Å²) in [7, 11) is 0. The Morgan fingerprint density at radius 2 is 1.27 bits per heavy atom. The molecule has 2 aliphatic rings. The minimum atomic E-state index is -0.0576. The van der Waals surface area contributed by atoms with Crippen molar-refractivity contribution in [1.29, 1.82) is 0 Å². The molecule has 8 rings (SSSR count). The number of para-hydroxylation sites is 1. The van der Waals surface area contributed by atoms with Crippen LogP contribution in [0.15, 0.2) is 143 Å². The summed E-state index contributed by atoms with van der Waals surface area (Å²) >= 11 is 1.86. The Hall–Kier alpha value is -4.60. The lowest BCUT2D eigenvalue weighted by atomic mass is 9.82. The second kappa shape index (κ2) is 9.22. The summed E-state index contributed by atoms with van der Waals surface area (Å²) in [6.07, 6.45) is 0. The molecule has 196 valence electrons. The first-order chi connectivity index (χ1) is 20.1. The number of rotatable bonds is 3. The minimum absolute atomic E-state index is 0.0576. The summed E-state index contributed by atoms with van der Waals surface area (Å²) in [4.78, 5) is 10.1. The van der Waals surface area contributed by atoms with Crippen molar-refractivity contribution in [1.82, 2.24) is 4.98 Å². The summed E-state index contributed by atoms with van der Waals surface area (Å²) in [5.74, 6) is 0. The molecule has 0 N–H and O–H groups in total. The van der Waals surface area contributed by atoms with Crippen LogP contribution in [0.2, 0.25) is 0 Å². The maximum atomic E-state index is 5.09. The zero-order valence-electron chi connectivity index (χ0n) is 23.0. The van der Waals surface area contributed by atoms with Crippen LogP contribution in [0.5, 0.6) is 0 Å². The van der Waals surface area contributed by atoms with E-state index in [0.717, 1.165) is 28.2 Å². The van der Waals surface area contributed by atoms with Crippen LogP contribution in [0.25, 0.3) is 33.6 Å². The van der Waals surface area contributed by atoms with Gasteiger partial charge in [-0.1, -0.05) is 117 Å². The highest BCUT2D eigenvalue weighted by molar-refractivity contribution is 7.99. The van der Waals surface area contributed by atoms with Gasteiger partial charge in [0.15, 0.2) is 0 Å². The van der Waals surface area contributed by atoms with Crippen LogP contribution in [0, 0.1) is 0 Å². The van der Waals surface area contributed by atoms with Gasteiger partial charge in [-0.2, -0.15) is 0 Å². The average Bonchev–Trinajstić information content (AvgIpc) is 3.27. The average molecular weight is 545 g/mol. The van der Waals surface area contributed by atoms with Crippen molar-refractivity contribution in [2.45, 2.75) is 29.1 Å². The molecule has 0 atom stereocenters. The van der Waals surface area contributed by atoms with E-state index in [0.29, 0.717) is 0 Å². The van der Waals surface area contributed by atoms with Crippen LogP contribution < -0.4 is 4.90 Å². The van der Waals surface area contributed by atoms with Crippen LogP contribution in [0.1, 0.15) is 25.0 Å². The Balaban J connectivity index is 1.35. The van der Waals surface area contributed by atoms with Gasteiger partial charge in [0.1, 0.15) is 0 Å². The van der Waals surface area contributed by atoms with Crippen LogP contribution in [0.4, 0.5) is 17.1 Å². The largest absolute Gasteiger partial charge is 0.308 e. The molecule has 41 heavy (non-hydrogen) atoms. The first-order valence-corrected chi connectivity index (χ1v) is 14.9. The van der Waals surface area contributed by atoms with E-state index >= 15 is 0 Å². The topological polar surface area (TPSA) is 16.1 Å². The molecule has 1 aliphatic heterocycles. The van der Waals surface area contributed by atoms with Crippen molar-refractivity contribution in [2.75, 3.05) is 4.90 Å². The van der Waals surface area contributed by atoms with Crippen LogP contribution in [0.3, 0.4) is 0 Å². The third kappa shape index (κ3) is 3.77. The van der Waals surface area contributed by atoms with Crippen molar-refractivity contribution in [2.24, 2.45) is 0 Å². The SMILES string of the molecule is CC1(C)c2ccccc2-c2c1ccc1c2N(c2ccccc2)c2cc(-c3cccc(-c4ccccc4)n3)ccc2S1. The number of anilines is 3. The molecule has 2 heterocycles. The first-order valence-electron chi connectivity index (χ1n) is 14.1. The number of benzene rings is 5. The molecule has 1 aliphatic carbocycles. The molecule has 0 amide bonds. The van der Waals surface area contributed by atoms with Gasteiger partial charge in [-0.05, 0) is 59.2 Å². The van der Waals surface area contributed by atoms with E-state index in [9.17, 15) is 0 Å². The predicted molar refractivity (Wildman–Crippen MR) is 171 cm³/mol. The van der Waals surface area contributed by atoms with Crippen LogP contribution in [-0.4, -0.2) is 4.98 Å². The van der Waals surface area contributed by atoms with E-state index in [1.165, 1.54) is 43.4 Å². The van der Waals surface area contributed by atoms with E-state index in [-0.39, 0.29) is 5.41 Å². The van der Waals surface area contributed by atoms with Gasteiger partial charge in [0, 0.05) is 37.6 Å².